The van der Waals surface area contributed by atoms with Gasteiger partial charge in [0, 0.05) is 11.1 Å². The molecule has 0 bridgehead atoms. The van der Waals surface area contributed by atoms with Crippen LogP contribution in [0.2, 0.25) is 0 Å². The van der Waals surface area contributed by atoms with Gasteiger partial charge in [-0.3, -0.25) is 0 Å². The normalized spacial score (nSPS) is 20.3. The van der Waals surface area contributed by atoms with Crippen molar-refractivity contribution in [3.8, 4) is 5.75 Å². The van der Waals surface area contributed by atoms with Gasteiger partial charge >= 0.3 is 5.63 Å². The lowest BCUT2D eigenvalue weighted by atomic mass is 9.88. The highest BCUT2D eigenvalue weighted by Crippen LogP contribution is 2.41. The van der Waals surface area contributed by atoms with Crippen molar-refractivity contribution in [3.63, 3.8) is 0 Å². The van der Waals surface area contributed by atoms with Crippen LogP contribution in [0.4, 0.5) is 5.69 Å². The molecule has 0 amide bonds. The minimum atomic E-state index is -1.45. The first-order valence-corrected chi connectivity index (χ1v) is 6.58. The van der Waals surface area contributed by atoms with E-state index in [-0.39, 0.29) is 17.0 Å². The predicted octanol–water partition coefficient (Wildman–Crippen LogP) is 2.30. The highest BCUT2D eigenvalue weighted by atomic mass is 16.4. The van der Waals surface area contributed by atoms with Gasteiger partial charge in [0.05, 0.1) is 11.4 Å². The highest BCUT2D eigenvalue weighted by Gasteiger charge is 2.41. The van der Waals surface area contributed by atoms with Crippen molar-refractivity contribution in [1.29, 1.82) is 0 Å². The van der Waals surface area contributed by atoms with Crippen LogP contribution in [0, 0.1) is 13.8 Å². The third kappa shape index (κ3) is 1.81. The number of aryl methyl sites for hydroxylation is 1. The van der Waals surface area contributed by atoms with E-state index in [1.165, 1.54) is 0 Å². The van der Waals surface area contributed by atoms with Crippen LogP contribution in [0.1, 0.15) is 29.4 Å². The Morgan fingerprint density at radius 2 is 1.90 bits per heavy atom. The lowest BCUT2D eigenvalue weighted by Crippen LogP contribution is -2.33. The van der Waals surface area contributed by atoms with E-state index in [1.54, 1.807) is 45.0 Å². The number of rotatable bonds is 1. The van der Waals surface area contributed by atoms with Crippen LogP contribution in [0.3, 0.4) is 0 Å². The Morgan fingerprint density at radius 1 is 1.24 bits per heavy atom. The van der Waals surface area contributed by atoms with Gasteiger partial charge in [-0.1, -0.05) is 18.2 Å². The van der Waals surface area contributed by atoms with Crippen LogP contribution in [-0.4, -0.2) is 15.9 Å². The molecule has 1 aliphatic heterocycles. The Kier molecular flexibility index (Phi) is 2.78. The fourth-order valence-corrected chi connectivity index (χ4v) is 2.57. The molecule has 1 atom stereocenters. The van der Waals surface area contributed by atoms with Crippen LogP contribution < -0.4 is 5.63 Å². The van der Waals surface area contributed by atoms with Gasteiger partial charge in [0.15, 0.2) is 0 Å². The summed E-state index contributed by atoms with van der Waals surface area (Å²) < 4.78 is 5.12. The molecule has 1 aromatic carbocycles. The number of benzene rings is 1. The molecule has 2 N–H and O–H groups in total. The van der Waals surface area contributed by atoms with Crippen molar-refractivity contribution >= 4 is 11.4 Å². The molecule has 2 aromatic rings. The Balaban J connectivity index is 2.30. The SMILES string of the molecule is Cc1oc(=O)c(C2=Nc3ccccc3C2(C)O)c(O)c1C. The van der Waals surface area contributed by atoms with Crippen molar-refractivity contribution in [2.75, 3.05) is 0 Å². The zero-order valence-electron chi connectivity index (χ0n) is 12.0. The summed E-state index contributed by atoms with van der Waals surface area (Å²) in [6.45, 7) is 4.80. The van der Waals surface area contributed by atoms with E-state index in [9.17, 15) is 15.0 Å². The van der Waals surface area contributed by atoms with Crippen molar-refractivity contribution in [2.45, 2.75) is 26.4 Å². The van der Waals surface area contributed by atoms with Gasteiger partial charge in [-0.25, -0.2) is 9.79 Å². The highest BCUT2D eigenvalue weighted by molar-refractivity contribution is 6.12. The summed E-state index contributed by atoms with van der Waals surface area (Å²) in [7, 11) is 0. The molecule has 1 aliphatic rings. The van der Waals surface area contributed by atoms with Crippen LogP contribution in [-0.2, 0) is 5.60 Å². The van der Waals surface area contributed by atoms with E-state index in [4.69, 9.17) is 4.42 Å². The zero-order valence-corrected chi connectivity index (χ0v) is 12.0. The first-order valence-electron chi connectivity index (χ1n) is 6.58. The van der Waals surface area contributed by atoms with E-state index < -0.39 is 11.2 Å². The zero-order chi connectivity index (χ0) is 15.4. The number of aromatic hydroxyl groups is 1. The summed E-state index contributed by atoms with van der Waals surface area (Å²) in [5.41, 5.74) is -0.504. The molecule has 0 saturated heterocycles. The molecule has 21 heavy (non-hydrogen) atoms. The van der Waals surface area contributed by atoms with Crippen LogP contribution in [0.5, 0.6) is 5.75 Å². The second-order valence-electron chi connectivity index (χ2n) is 5.34. The Bertz CT molecular complexity index is 831. The standard InChI is InChI=1S/C16H15NO4/c1-8-9(2)21-15(19)12(13(8)18)14-16(3,20)10-6-4-5-7-11(10)17-14/h4-7,18,20H,1-3H3. The third-order valence-electron chi connectivity index (χ3n) is 3.93. The molecule has 0 radical (unpaired) electrons. The molecule has 2 heterocycles. The van der Waals surface area contributed by atoms with Gasteiger partial charge in [0.1, 0.15) is 22.7 Å². The molecule has 0 aliphatic carbocycles. The second kappa shape index (κ2) is 4.30. The summed E-state index contributed by atoms with van der Waals surface area (Å²) in [5, 5.41) is 21.0. The first-order chi connectivity index (χ1) is 9.84. The van der Waals surface area contributed by atoms with Gasteiger partial charge < -0.3 is 14.6 Å². The van der Waals surface area contributed by atoms with Gasteiger partial charge in [0.25, 0.3) is 0 Å². The smallest absolute Gasteiger partial charge is 0.349 e. The largest absolute Gasteiger partial charge is 0.507 e. The average Bonchev–Trinajstić information content (AvgIpc) is 2.69. The molecule has 1 unspecified atom stereocenters. The van der Waals surface area contributed by atoms with E-state index in [0.717, 1.165) is 0 Å². The van der Waals surface area contributed by atoms with Crippen molar-refractivity contribution in [2.24, 2.45) is 4.99 Å². The number of nitrogens with zero attached hydrogens (tertiary/aromatic N) is 1. The molecule has 5 nitrogen and oxygen atoms in total. The minimum Gasteiger partial charge on any atom is -0.507 e. The number of fused-ring (bicyclic) bond motifs is 1. The summed E-state index contributed by atoms with van der Waals surface area (Å²) in [6, 6.07) is 7.07. The molecule has 3 rings (SSSR count). The van der Waals surface area contributed by atoms with Crippen molar-refractivity contribution < 1.29 is 14.6 Å². The van der Waals surface area contributed by atoms with Crippen LogP contribution >= 0.6 is 0 Å². The predicted molar refractivity (Wildman–Crippen MR) is 78.3 cm³/mol. The van der Waals surface area contributed by atoms with Gasteiger partial charge in [-0.2, -0.15) is 0 Å². The number of aliphatic imine (C=N–C) groups is 1. The lowest BCUT2D eigenvalue weighted by molar-refractivity contribution is 0.137. The molecule has 0 fully saturated rings. The van der Waals surface area contributed by atoms with E-state index in [2.05, 4.69) is 4.99 Å². The van der Waals surface area contributed by atoms with Crippen molar-refractivity contribution in [3.05, 3.63) is 57.1 Å². The molecule has 1 aromatic heterocycles. The van der Waals surface area contributed by atoms with Gasteiger partial charge in [-0.05, 0) is 26.8 Å². The van der Waals surface area contributed by atoms with Crippen LogP contribution in [0.15, 0.2) is 38.5 Å². The Labute approximate surface area is 121 Å². The first kappa shape index (κ1) is 13.6. The number of hydrogen-bond donors (Lipinski definition) is 2. The molecule has 0 saturated carbocycles. The summed E-state index contributed by atoms with van der Waals surface area (Å²) >= 11 is 0. The maximum absolute atomic E-state index is 12.1. The average molecular weight is 285 g/mol. The molecular weight excluding hydrogens is 270 g/mol. The molecule has 0 spiro atoms. The van der Waals surface area contributed by atoms with E-state index in [0.29, 0.717) is 22.6 Å². The lowest BCUT2D eigenvalue weighted by Gasteiger charge is -2.21. The summed E-state index contributed by atoms with van der Waals surface area (Å²) in [5.74, 6) is 0.146. The maximum atomic E-state index is 12.1. The molecule has 5 heteroatoms. The van der Waals surface area contributed by atoms with Crippen molar-refractivity contribution in [1.82, 2.24) is 0 Å². The molecule has 108 valence electrons. The maximum Gasteiger partial charge on any atom is 0.349 e. The van der Waals surface area contributed by atoms with E-state index >= 15 is 0 Å². The summed E-state index contributed by atoms with van der Waals surface area (Å²) in [6.07, 6.45) is 0. The number of hydrogen-bond acceptors (Lipinski definition) is 5. The summed E-state index contributed by atoms with van der Waals surface area (Å²) in [4.78, 5) is 16.4. The fraction of sp³-hybridized carbons (Fsp3) is 0.250. The van der Waals surface area contributed by atoms with Gasteiger partial charge in [-0.15, -0.1) is 0 Å². The molecular formula is C16H15NO4. The second-order valence-corrected chi connectivity index (χ2v) is 5.34. The minimum absolute atomic E-state index is 0.0840. The number of para-hydroxylation sites is 1. The Morgan fingerprint density at radius 3 is 2.57 bits per heavy atom. The van der Waals surface area contributed by atoms with Crippen LogP contribution in [0.25, 0.3) is 0 Å². The van der Waals surface area contributed by atoms with E-state index in [1.807, 2.05) is 0 Å². The number of aliphatic hydroxyl groups is 1. The topological polar surface area (TPSA) is 83.0 Å². The van der Waals surface area contributed by atoms with Gasteiger partial charge in [0.2, 0.25) is 0 Å². The Hall–Kier alpha value is -2.40. The quantitative estimate of drug-likeness (QED) is 0.842. The monoisotopic (exact) mass is 285 g/mol. The fourth-order valence-electron chi connectivity index (χ4n) is 2.57. The third-order valence-corrected chi connectivity index (χ3v) is 3.93.